The van der Waals surface area contributed by atoms with Crippen molar-refractivity contribution in [3.05, 3.63) is 30.1 Å². The van der Waals surface area contributed by atoms with E-state index in [1.54, 1.807) is 38.6 Å². The molecule has 6 heteroatoms. The van der Waals surface area contributed by atoms with Crippen LogP contribution in [0.3, 0.4) is 0 Å². The molecule has 1 aromatic rings. The molecular formula is C12H19NO4Si. The first-order chi connectivity index (χ1) is 8.69. The van der Waals surface area contributed by atoms with E-state index in [1.807, 2.05) is 6.92 Å². The van der Waals surface area contributed by atoms with Gasteiger partial charge in [-0.05, 0) is 18.6 Å². The van der Waals surface area contributed by atoms with Gasteiger partial charge in [-0.1, -0.05) is 13.0 Å². The quantitative estimate of drug-likeness (QED) is 0.555. The molecule has 0 bridgehead atoms. The Bertz CT molecular complexity index is 356. The smallest absolute Gasteiger partial charge is 0.356 e. The van der Waals surface area contributed by atoms with Gasteiger partial charge in [0.15, 0.2) is 0 Å². The molecule has 0 amide bonds. The molecule has 0 aliphatic rings. The Morgan fingerprint density at radius 1 is 1.39 bits per heavy atom. The van der Waals surface area contributed by atoms with Crippen molar-refractivity contribution in [2.24, 2.45) is 0 Å². The van der Waals surface area contributed by atoms with Gasteiger partial charge in [0.1, 0.15) is 5.69 Å². The number of carbonyl (C=O) groups excluding carboxylic acids is 1. The predicted octanol–water partition coefficient (Wildman–Crippen LogP) is 1.53. The third kappa shape index (κ3) is 4.56. The van der Waals surface area contributed by atoms with Crippen LogP contribution >= 0.6 is 0 Å². The van der Waals surface area contributed by atoms with Crippen LogP contribution < -0.4 is 0 Å². The monoisotopic (exact) mass is 269 g/mol. The van der Waals surface area contributed by atoms with Crippen molar-refractivity contribution in [3.63, 3.8) is 0 Å². The topological polar surface area (TPSA) is 57.7 Å². The molecule has 0 saturated carbocycles. The summed E-state index contributed by atoms with van der Waals surface area (Å²) in [7, 11) is 1.67. The number of ether oxygens (including phenoxy) is 1. The maximum atomic E-state index is 11.6. The lowest BCUT2D eigenvalue weighted by atomic mass is 10.3. The summed E-state index contributed by atoms with van der Waals surface area (Å²) in [6, 6.07) is 5.14. The molecular weight excluding hydrogens is 250 g/mol. The van der Waals surface area contributed by atoms with Gasteiger partial charge in [0, 0.05) is 26.0 Å². The molecule has 100 valence electrons. The molecule has 0 aromatic carbocycles. The Morgan fingerprint density at radius 3 is 2.67 bits per heavy atom. The first-order valence-electron chi connectivity index (χ1n) is 5.82. The zero-order valence-electron chi connectivity index (χ0n) is 11.0. The molecule has 18 heavy (non-hydrogen) atoms. The number of aromatic nitrogens is 1. The Hall–Kier alpha value is -1.24. The average Bonchev–Trinajstić information content (AvgIpc) is 2.41. The highest BCUT2D eigenvalue weighted by molar-refractivity contribution is 6.46. The van der Waals surface area contributed by atoms with Crippen LogP contribution in [-0.4, -0.2) is 41.1 Å². The summed E-state index contributed by atoms with van der Waals surface area (Å²) >= 11 is 0. The summed E-state index contributed by atoms with van der Waals surface area (Å²) in [5, 5.41) is 0. The van der Waals surface area contributed by atoms with E-state index in [9.17, 15) is 4.79 Å². The molecule has 0 saturated heterocycles. The number of rotatable bonds is 7. The van der Waals surface area contributed by atoms with Crippen LogP contribution in [-0.2, 0) is 13.6 Å². The highest BCUT2D eigenvalue weighted by atomic mass is 28.3. The van der Waals surface area contributed by atoms with Crippen LogP contribution in [0.25, 0.3) is 0 Å². The van der Waals surface area contributed by atoms with Gasteiger partial charge in [0.25, 0.3) is 0 Å². The van der Waals surface area contributed by atoms with Crippen LogP contribution in [0.15, 0.2) is 24.4 Å². The molecule has 0 aliphatic carbocycles. The van der Waals surface area contributed by atoms with E-state index >= 15 is 0 Å². The van der Waals surface area contributed by atoms with Crippen molar-refractivity contribution >= 4 is 15.3 Å². The van der Waals surface area contributed by atoms with Gasteiger partial charge in [-0.25, -0.2) is 9.78 Å². The van der Waals surface area contributed by atoms with E-state index in [0.29, 0.717) is 12.3 Å². The molecule has 0 spiro atoms. The largest absolute Gasteiger partial charge is 0.461 e. The fourth-order valence-corrected chi connectivity index (χ4v) is 3.12. The second kappa shape index (κ2) is 7.96. The molecule has 1 rings (SSSR count). The maximum Gasteiger partial charge on any atom is 0.356 e. The van der Waals surface area contributed by atoms with Gasteiger partial charge in [-0.3, -0.25) is 0 Å². The van der Waals surface area contributed by atoms with Crippen molar-refractivity contribution < 1.29 is 18.4 Å². The normalized spacial score (nSPS) is 12.4. The molecule has 0 aliphatic heterocycles. The fraction of sp³-hybridized carbons (Fsp3) is 0.500. The van der Waals surface area contributed by atoms with Gasteiger partial charge < -0.3 is 13.6 Å². The Balaban J connectivity index is 2.32. The minimum Gasteiger partial charge on any atom is -0.461 e. The maximum absolute atomic E-state index is 11.6. The van der Waals surface area contributed by atoms with E-state index in [-0.39, 0.29) is 5.54 Å². The molecule has 0 fully saturated rings. The first kappa shape index (κ1) is 14.8. The molecule has 1 heterocycles. The average molecular weight is 269 g/mol. The number of esters is 1. The Kier molecular flexibility index (Phi) is 6.56. The fourth-order valence-electron chi connectivity index (χ4n) is 1.59. The van der Waals surface area contributed by atoms with Crippen molar-refractivity contribution in [1.29, 1.82) is 0 Å². The lowest BCUT2D eigenvalue weighted by molar-refractivity contribution is 0.0489. The summed E-state index contributed by atoms with van der Waals surface area (Å²) in [5.74, 6) is -0.393. The molecule has 0 radical (unpaired) electrons. The highest BCUT2D eigenvalue weighted by Gasteiger charge is 2.20. The number of hydrogen-bond donors (Lipinski definition) is 0. The minimum absolute atomic E-state index is 0.288. The summed E-state index contributed by atoms with van der Waals surface area (Å²) in [4.78, 5) is 15.5. The van der Waals surface area contributed by atoms with Gasteiger partial charge in [-0.15, -0.1) is 0 Å². The summed E-state index contributed by atoms with van der Waals surface area (Å²) in [6.45, 7) is 2.39. The molecule has 0 N–H and O–H groups in total. The summed E-state index contributed by atoms with van der Waals surface area (Å²) in [6.07, 6.45) is 2.30. The SMILES string of the molecule is CO[SiH](OC)C(C)CCOC(=O)c1ccccn1. The van der Waals surface area contributed by atoms with Crippen LogP contribution in [0.1, 0.15) is 23.8 Å². The van der Waals surface area contributed by atoms with Gasteiger partial charge >= 0.3 is 15.3 Å². The molecule has 1 unspecified atom stereocenters. The van der Waals surface area contributed by atoms with E-state index < -0.39 is 15.3 Å². The standard InChI is InChI=1S/C12H19NO4Si/c1-10(18(15-2)16-3)7-9-17-12(14)11-6-4-5-8-13-11/h4-6,8,10,18H,7,9H2,1-3H3. The van der Waals surface area contributed by atoms with E-state index in [4.69, 9.17) is 13.6 Å². The van der Waals surface area contributed by atoms with Crippen molar-refractivity contribution in [1.82, 2.24) is 4.98 Å². The van der Waals surface area contributed by atoms with E-state index in [0.717, 1.165) is 6.42 Å². The summed E-state index contributed by atoms with van der Waals surface area (Å²) < 4.78 is 15.7. The number of pyridine rings is 1. The minimum atomic E-state index is -1.63. The second-order valence-electron chi connectivity index (χ2n) is 3.96. The van der Waals surface area contributed by atoms with Crippen molar-refractivity contribution in [3.8, 4) is 0 Å². The van der Waals surface area contributed by atoms with Crippen molar-refractivity contribution in [2.75, 3.05) is 20.8 Å². The molecule has 1 aromatic heterocycles. The number of hydrogen-bond acceptors (Lipinski definition) is 5. The lowest BCUT2D eigenvalue weighted by Gasteiger charge is -2.18. The lowest BCUT2D eigenvalue weighted by Crippen LogP contribution is -2.25. The third-order valence-electron chi connectivity index (χ3n) is 2.61. The van der Waals surface area contributed by atoms with Crippen LogP contribution in [0.4, 0.5) is 0 Å². The number of carbonyl (C=O) groups is 1. The number of nitrogens with zero attached hydrogens (tertiary/aromatic N) is 1. The Labute approximate surface area is 109 Å². The van der Waals surface area contributed by atoms with E-state index in [2.05, 4.69) is 4.98 Å². The van der Waals surface area contributed by atoms with Gasteiger partial charge in [0.2, 0.25) is 0 Å². The van der Waals surface area contributed by atoms with Crippen molar-refractivity contribution in [2.45, 2.75) is 18.9 Å². The van der Waals surface area contributed by atoms with Crippen LogP contribution in [0, 0.1) is 0 Å². The highest BCUT2D eigenvalue weighted by Crippen LogP contribution is 2.15. The zero-order chi connectivity index (χ0) is 13.4. The Morgan fingerprint density at radius 2 is 2.11 bits per heavy atom. The van der Waals surface area contributed by atoms with Gasteiger partial charge in [0.05, 0.1) is 6.61 Å². The first-order valence-corrected chi connectivity index (χ1v) is 7.43. The predicted molar refractivity (Wildman–Crippen MR) is 69.7 cm³/mol. The van der Waals surface area contributed by atoms with Gasteiger partial charge in [-0.2, -0.15) is 0 Å². The zero-order valence-corrected chi connectivity index (χ0v) is 12.1. The molecule has 1 atom stereocenters. The van der Waals surface area contributed by atoms with E-state index in [1.165, 1.54) is 0 Å². The molecule has 5 nitrogen and oxygen atoms in total. The third-order valence-corrected chi connectivity index (χ3v) is 4.80. The van der Waals surface area contributed by atoms with Crippen LogP contribution in [0.2, 0.25) is 5.54 Å². The van der Waals surface area contributed by atoms with Crippen LogP contribution in [0.5, 0.6) is 0 Å². The summed E-state index contributed by atoms with van der Waals surface area (Å²) in [5.41, 5.74) is 0.619. The second-order valence-corrected chi connectivity index (χ2v) is 6.77.